The second kappa shape index (κ2) is 10.4. The minimum absolute atomic E-state index is 0.218. The van der Waals surface area contributed by atoms with Crippen LogP contribution >= 0.6 is 16.3 Å². The Labute approximate surface area is 152 Å². The molecule has 12 nitrogen and oxygen atoms in total. The number of hydrogen-bond acceptors (Lipinski definition) is 12. The summed E-state index contributed by atoms with van der Waals surface area (Å²) in [5.74, 6) is 0. The molecule has 1 rings (SSSR count). The Hall–Kier alpha value is -0.200. The van der Waals surface area contributed by atoms with Gasteiger partial charge >= 0.3 is 151 Å². The van der Waals surface area contributed by atoms with E-state index in [-0.39, 0.29) is 12.5 Å². The van der Waals surface area contributed by atoms with Gasteiger partial charge in [-0.3, -0.25) is 0 Å². The van der Waals surface area contributed by atoms with Gasteiger partial charge in [0.2, 0.25) is 0 Å². The molecule has 1 saturated heterocycles. The van der Waals surface area contributed by atoms with Crippen molar-refractivity contribution in [2.24, 2.45) is 0 Å². The van der Waals surface area contributed by atoms with Crippen molar-refractivity contribution in [2.75, 3.05) is 13.2 Å². The van der Waals surface area contributed by atoms with Crippen LogP contribution in [-0.2, 0) is 32.6 Å². The molecule has 1 aliphatic heterocycles. The Morgan fingerprint density at radius 1 is 1.27 bits per heavy atom. The molecule has 0 saturated carbocycles. The number of ether oxygens (including phenoxy) is 2. The molecule has 0 spiro atoms. The summed E-state index contributed by atoms with van der Waals surface area (Å²) in [6.45, 7) is 2.09. The van der Waals surface area contributed by atoms with Gasteiger partial charge < -0.3 is 0 Å². The van der Waals surface area contributed by atoms with E-state index < -0.39 is 54.0 Å². The van der Waals surface area contributed by atoms with Gasteiger partial charge in [0.25, 0.3) is 0 Å². The van der Waals surface area contributed by atoms with E-state index in [1.807, 2.05) is 0 Å². The van der Waals surface area contributed by atoms with Crippen molar-refractivity contribution in [3.8, 4) is 0 Å². The first kappa shape index (κ1) is 22.1. The Kier molecular flexibility index (Phi) is 8.81. The van der Waals surface area contributed by atoms with Gasteiger partial charge in [-0.05, 0) is 0 Å². The topological polar surface area (TPSA) is 181 Å². The molecule has 5 N–H and O–H groups in total. The summed E-state index contributed by atoms with van der Waals surface area (Å²) in [7, 11) is -9.32. The van der Waals surface area contributed by atoms with Crippen molar-refractivity contribution in [1.29, 1.82) is 1.43 Å². The Balaban J connectivity index is 2.58. The third kappa shape index (κ3) is 9.14. The number of carbonyl (C=O) groups excluding carboxylic acids is 2. The molecule has 26 heavy (non-hydrogen) atoms. The van der Waals surface area contributed by atoms with Gasteiger partial charge in [0.1, 0.15) is 0 Å². The van der Waals surface area contributed by atoms with Crippen LogP contribution in [0.25, 0.3) is 0 Å². The summed E-state index contributed by atoms with van der Waals surface area (Å²) in [5, 5.41) is 0. The van der Waals surface area contributed by atoms with Crippen LogP contribution in [0.3, 0.4) is 0 Å². The standard InChI is InChI=1S/C12H26O12P2/c1-8-3-11(12(23-8)7-20-25(15,16)17)24-26(18,19)21-6-10(5-14)22-9(2)4-13/h4-5,8-12,15-19,25-26H,3,6-7H2,1-2H3/t8-,9-,10-,11+,12+/m0/s1/i15D. The van der Waals surface area contributed by atoms with E-state index in [2.05, 4.69) is 9.42 Å². The van der Waals surface area contributed by atoms with Crippen molar-refractivity contribution in [3.05, 3.63) is 0 Å². The number of rotatable bonds is 13. The van der Waals surface area contributed by atoms with E-state index in [0.717, 1.165) is 0 Å². The molecule has 14 heteroatoms. The number of hydrogen-bond donors (Lipinski definition) is 5. The zero-order valence-corrected chi connectivity index (χ0v) is 16.2. The Bertz CT molecular complexity index is 481. The van der Waals surface area contributed by atoms with Gasteiger partial charge in [0.05, 0.1) is 0 Å². The minimum atomic E-state index is -4.71. The molecule has 0 radical (unpaired) electrons. The molecule has 0 aliphatic carbocycles. The van der Waals surface area contributed by atoms with Crippen LogP contribution in [0.4, 0.5) is 0 Å². The first-order valence-corrected chi connectivity index (χ1v) is 11.1. The fourth-order valence-electron chi connectivity index (χ4n) is 2.22. The van der Waals surface area contributed by atoms with Crippen molar-refractivity contribution in [3.63, 3.8) is 0 Å². The molecular weight excluding hydrogens is 398 g/mol. The molecule has 1 heterocycles. The first-order valence-electron chi connectivity index (χ1n) is 8.13. The number of aldehydes is 2. The van der Waals surface area contributed by atoms with E-state index in [0.29, 0.717) is 12.6 Å². The monoisotopic (exact) mass is 425 g/mol. The van der Waals surface area contributed by atoms with Crippen molar-refractivity contribution in [2.45, 2.75) is 50.8 Å². The number of carbonyl (C=O) groups is 2. The first-order chi connectivity index (χ1) is 12.5. The van der Waals surface area contributed by atoms with Crippen LogP contribution in [-0.4, -0.2) is 82.2 Å². The van der Waals surface area contributed by atoms with Crippen molar-refractivity contribution < 1.29 is 57.1 Å². The Morgan fingerprint density at radius 2 is 1.96 bits per heavy atom. The van der Waals surface area contributed by atoms with Crippen LogP contribution in [0.15, 0.2) is 0 Å². The van der Waals surface area contributed by atoms with Gasteiger partial charge in [-0.25, -0.2) is 0 Å². The van der Waals surface area contributed by atoms with Gasteiger partial charge in [0, 0.05) is 0 Å². The van der Waals surface area contributed by atoms with Crippen LogP contribution in [0.2, 0.25) is 0 Å². The van der Waals surface area contributed by atoms with E-state index in [1.165, 1.54) is 6.92 Å². The van der Waals surface area contributed by atoms with E-state index >= 15 is 0 Å². The van der Waals surface area contributed by atoms with Crippen LogP contribution in [0.1, 0.15) is 20.3 Å². The molecule has 0 aromatic heterocycles. The summed E-state index contributed by atoms with van der Waals surface area (Å²) in [4.78, 5) is 63.4. The molecule has 0 unspecified atom stereocenters. The predicted octanol–water partition coefficient (Wildman–Crippen LogP) is -1.46. The van der Waals surface area contributed by atoms with Gasteiger partial charge in [-0.1, -0.05) is 0 Å². The van der Waals surface area contributed by atoms with Crippen molar-refractivity contribution >= 4 is 28.9 Å². The van der Waals surface area contributed by atoms with Crippen LogP contribution in [0, 0.1) is 0 Å². The predicted molar refractivity (Wildman–Crippen MR) is 89.9 cm³/mol. The normalized spacial score (nSPS) is 28.2. The van der Waals surface area contributed by atoms with Gasteiger partial charge in [-0.2, -0.15) is 0 Å². The third-order valence-corrected chi connectivity index (χ3v) is 4.99. The average Bonchev–Trinajstić information content (AvgIpc) is 2.95. The molecule has 0 bridgehead atoms. The van der Waals surface area contributed by atoms with E-state index in [1.54, 1.807) is 6.92 Å². The zero-order valence-electron chi connectivity index (χ0n) is 15.2. The van der Waals surface area contributed by atoms with Gasteiger partial charge in [-0.15, -0.1) is 0 Å². The molecule has 0 aromatic rings. The maximum absolute atomic E-state index is 10.9. The van der Waals surface area contributed by atoms with Gasteiger partial charge in [0.15, 0.2) is 0 Å². The summed E-state index contributed by atoms with van der Waals surface area (Å²) in [6, 6.07) is 0. The van der Waals surface area contributed by atoms with E-state index in [4.69, 9.17) is 20.0 Å². The quantitative estimate of drug-likeness (QED) is 0.171. The van der Waals surface area contributed by atoms with Crippen LogP contribution < -0.4 is 0 Å². The maximum atomic E-state index is 10.9. The second-order valence-electron chi connectivity index (χ2n) is 5.75. The average molecular weight is 425 g/mol. The molecule has 5 atom stereocenters. The van der Waals surface area contributed by atoms with Crippen molar-refractivity contribution in [1.82, 2.24) is 0 Å². The molecule has 0 aromatic carbocycles. The molecule has 1 aliphatic rings. The zero-order chi connectivity index (χ0) is 20.7. The summed E-state index contributed by atoms with van der Waals surface area (Å²) >= 11 is 0. The molecule has 156 valence electrons. The molecule has 1 fully saturated rings. The summed E-state index contributed by atoms with van der Waals surface area (Å²) in [6.07, 6.45) is -3.27. The fraction of sp³-hybridized carbons (Fsp3) is 0.833. The second-order valence-corrected chi connectivity index (χ2v) is 8.75. The Morgan fingerprint density at radius 3 is 2.54 bits per heavy atom. The molecule has 0 amide bonds. The third-order valence-electron chi connectivity index (χ3n) is 3.30. The summed E-state index contributed by atoms with van der Waals surface area (Å²) < 4.78 is 31.6. The van der Waals surface area contributed by atoms with Crippen LogP contribution in [0.5, 0.6) is 0 Å². The summed E-state index contributed by atoms with van der Waals surface area (Å²) in [5.41, 5.74) is 0. The SMILES string of the molecule is [2H]O[PH](O)(O)OC[C@H]1O[C@@H](C)C[C@H]1O[PH](O)(O)OC[C@H](C=O)O[C@@H](C)C=O. The van der Waals surface area contributed by atoms with E-state index in [9.17, 15) is 29.2 Å². The molecular formula is C12H26O12P2. The fourth-order valence-corrected chi connectivity index (χ4v) is 3.70.